The van der Waals surface area contributed by atoms with Crippen LogP contribution in [-0.2, 0) is 0 Å². The van der Waals surface area contributed by atoms with Crippen LogP contribution in [0, 0.1) is 13.8 Å². The van der Waals surface area contributed by atoms with E-state index in [0.717, 1.165) is 37.0 Å². The molecule has 5 heteroatoms. The van der Waals surface area contributed by atoms with Crippen LogP contribution in [0.3, 0.4) is 0 Å². The van der Waals surface area contributed by atoms with Gasteiger partial charge in [0.05, 0.1) is 26.2 Å². The molecule has 2 aromatic rings. The molecule has 29 heavy (non-hydrogen) atoms. The van der Waals surface area contributed by atoms with Crippen LogP contribution in [0.2, 0.25) is 5.02 Å². The van der Waals surface area contributed by atoms with E-state index in [0.29, 0.717) is 19.1 Å². The minimum atomic E-state index is -0.463. The molecule has 1 aliphatic heterocycles. The number of ether oxygens (including phenoxy) is 1. The van der Waals surface area contributed by atoms with E-state index >= 15 is 0 Å². The summed E-state index contributed by atoms with van der Waals surface area (Å²) in [7, 11) is 0. The van der Waals surface area contributed by atoms with E-state index < -0.39 is 6.10 Å². The lowest BCUT2D eigenvalue weighted by Crippen LogP contribution is -3.16. The molecule has 0 bridgehead atoms. The van der Waals surface area contributed by atoms with E-state index in [9.17, 15) is 5.11 Å². The number of aliphatic hydroxyl groups excluding tert-OH is 1. The molecule has 4 nitrogen and oxygen atoms in total. The van der Waals surface area contributed by atoms with Crippen LogP contribution in [0.4, 0.5) is 5.69 Å². The highest BCUT2D eigenvalue weighted by Gasteiger charge is 2.23. The Kier molecular flexibility index (Phi) is 7.44. The lowest BCUT2D eigenvalue weighted by molar-refractivity contribution is -0.903. The molecule has 0 aromatic heterocycles. The molecule has 0 unspecified atom stereocenters. The molecule has 0 amide bonds. The highest BCUT2D eigenvalue weighted by atomic mass is 35.5. The zero-order chi connectivity index (χ0) is 21.0. The number of rotatable bonds is 7. The minimum Gasteiger partial charge on any atom is -0.491 e. The van der Waals surface area contributed by atoms with Crippen molar-refractivity contribution in [1.82, 2.24) is 0 Å². The van der Waals surface area contributed by atoms with Crippen LogP contribution in [0.15, 0.2) is 36.4 Å². The summed E-state index contributed by atoms with van der Waals surface area (Å²) in [5, 5.41) is 11.2. The van der Waals surface area contributed by atoms with Crippen LogP contribution >= 0.6 is 11.6 Å². The number of hydrogen-bond acceptors (Lipinski definition) is 3. The van der Waals surface area contributed by atoms with Crippen molar-refractivity contribution >= 4 is 17.3 Å². The average molecular weight is 418 g/mol. The van der Waals surface area contributed by atoms with Crippen molar-refractivity contribution in [2.45, 2.75) is 39.7 Å². The molecule has 1 saturated heterocycles. The Bertz CT molecular complexity index is 817. The summed E-state index contributed by atoms with van der Waals surface area (Å²) >= 11 is 6.17. The lowest BCUT2D eigenvalue weighted by Gasteiger charge is -2.35. The second-order valence-electron chi connectivity index (χ2n) is 8.51. The van der Waals surface area contributed by atoms with Gasteiger partial charge < -0.3 is 19.6 Å². The van der Waals surface area contributed by atoms with Gasteiger partial charge in [0.15, 0.2) is 0 Å². The van der Waals surface area contributed by atoms with Gasteiger partial charge in [0, 0.05) is 10.7 Å². The fourth-order valence-electron chi connectivity index (χ4n) is 4.16. The molecule has 2 aromatic carbocycles. The second-order valence-corrected chi connectivity index (χ2v) is 8.95. The highest BCUT2D eigenvalue weighted by molar-refractivity contribution is 6.30. The third-order valence-corrected chi connectivity index (χ3v) is 6.05. The van der Waals surface area contributed by atoms with Crippen molar-refractivity contribution in [3.8, 4) is 5.75 Å². The monoisotopic (exact) mass is 417 g/mol. The number of nitrogens with zero attached hydrogens (tertiary/aromatic N) is 1. The SMILES string of the molecule is Cc1cc(OC[C@H](O)C[NH+]2CCN(c3cc(Cl)ccc3C)CC2)ccc1C(C)C. The van der Waals surface area contributed by atoms with Crippen LogP contribution in [0.1, 0.15) is 36.5 Å². The van der Waals surface area contributed by atoms with E-state index in [1.54, 1.807) is 0 Å². The van der Waals surface area contributed by atoms with Crippen molar-refractivity contribution in [3.63, 3.8) is 0 Å². The average Bonchev–Trinajstić information content (AvgIpc) is 2.69. The quantitative estimate of drug-likeness (QED) is 0.726. The first kappa shape index (κ1) is 21.9. The van der Waals surface area contributed by atoms with Crippen LogP contribution < -0.4 is 14.5 Å². The Hall–Kier alpha value is -1.75. The zero-order valence-electron chi connectivity index (χ0n) is 18.0. The Labute approximate surface area is 180 Å². The Morgan fingerprint density at radius 3 is 2.45 bits per heavy atom. The normalized spacial score (nSPS) is 16.3. The van der Waals surface area contributed by atoms with Crippen molar-refractivity contribution in [3.05, 3.63) is 58.1 Å². The predicted octanol–water partition coefficient (Wildman–Crippen LogP) is 3.23. The number of aryl methyl sites for hydroxylation is 2. The molecule has 1 heterocycles. The van der Waals surface area contributed by atoms with Gasteiger partial charge >= 0.3 is 0 Å². The van der Waals surface area contributed by atoms with Crippen molar-refractivity contribution < 1.29 is 14.7 Å². The predicted molar refractivity (Wildman–Crippen MR) is 121 cm³/mol. The standard InChI is InChI=1S/C24H33ClN2O2/c1-17(2)23-8-7-22(13-19(23)4)29-16-21(28)15-26-9-11-27(12-10-26)24-14-20(25)6-5-18(24)3/h5-8,13-14,17,21,28H,9-12,15-16H2,1-4H3/p+1/t21-/m1/s1. The molecular weight excluding hydrogens is 384 g/mol. The number of aliphatic hydroxyl groups is 1. The molecule has 0 radical (unpaired) electrons. The maximum absolute atomic E-state index is 10.5. The van der Waals surface area contributed by atoms with E-state index in [2.05, 4.69) is 56.9 Å². The van der Waals surface area contributed by atoms with Gasteiger partial charge in [-0.2, -0.15) is 0 Å². The van der Waals surface area contributed by atoms with Crippen molar-refractivity contribution in [1.29, 1.82) is 0 Å². The number of quaternary nitrogens is 1. The molecule has 1 atom stereocenters. The van der Waals surface area contributed by atoms with Gasteiger partial charge in [0.1, 0.15) is 25.0 Å². The van der Waals surface area contributed by atoms with E-state index in [4.69, 9.17) is 16.3 Å². The minimum absolute atomic E-state index is 0.334. The summed E-state index contributed by atoms with van der Waals surface area (Å²) in [4.78, 5) is 3.82. The summed E-state index contributed by atoms with van der Waals surface area (Å²) in [6.45, 7) is 13.6. The highest BCUT2D eigenvalue weighted by Crippen LogP contribution is 2.25. The topological polar surface area (TPSA) is 37.1 Å². The third-order valence-electron chi connectivity index (χ3n) is 5.81. The zero-order valence-corrected chi connectivity index (χ0v) is 18.8. The fourth-order valence-corrected chi connectivity index (χ4v) is 4.33. The van der Waals surface area contributed by atoms with Gasteiger partial charge in [-0.05, 0) is 60.7 Å². The van der Waals surface area contributed by atoms with Crippen molar-refractivity contribution in [2.75, 3.05) is 44.2 Å². The number of piperazine rings is 1. The van der Waals surface area contributed by atoms with Gasteiger partial charge in [0.2, 0.25) is 0 Å². The summed E-state index contributed by atoms with van der Waals surface area (Å²) in [6, 6.07) is 12.3. The Balaban J connectivity index is 1.46. The van der Waals surface area contributed by atoms with E-state index in [1.807, 2.05) is 12.1 Å². The molecule has 3 rings (SSSR count). The molecule has 1 aliphatic rings. The van der Waals surface area contributed by atoms with Gasteiger partial charge in [-0.1, -0.05) is 37.6 Å². The molecule has 158 valence electrons. The number of anilines is 1. The van der Waals surface area contributed by atoms with Gasteiger partial charge in [-0.3, -0.25) is 0 Å². The third kappa shape index (κ3) is 5.88. The molecule has 0 saturated carbocycles. The van der Waals surface area contributed by atoms with Crippen molar-refractivity contribution in [2.24, 2.45) is 0 Å². The largest absolute Gasteiger partial charge is 0.491 e. The molecule has 1 fully saturated rings. The van der Waals surface area contributed by atoms with Gasteiger partial charge in [-0.15, -0.1) is 0 Å². The lowest BCUT2D eigenvalue weighted by atomic mass is 9.98. The van der Waals surface area contributed by atoms with Crippen LogP contribution in [0.25, 0.3) is 0 Å². The number of nitrogens with one attached hydrogen (secondary N) is 1. The molecule has 0 aliphatic carbocycles. The number of halogens is 1. The summed E-state index contributed by atoms with van der Waals surface area (Å²) < 4.78 is 5.86. The van der Waals surface area contributed by atoms with Gasteiger partial charge in [-0.25, -0.2) is 0 Å². The first-order chi connectivity index (χ1) is 13.8. The second kappa shape index (κ2) is 9.84. The summed E-state index contributed by atoms with van der Waals surface area (Å²) in [5.41, 5.74) is 5.06. The molecular formula is C24H34ClN2O2+. The Morgan fingerprint density at radius 1 is 1.07 bits per heavy atom. The van der Waals surface area contributed by atoms with E-state index in [1.165, 1.54) is 27.3 Å². The van der Waals surface area contributed by atoms with E-state index in [-0.39, 0.29) is 0 Å². The Morgan fingerprint density at radius 2 is 1.79 bits per heavy atom. The first-order valence-corrected chi connectivity index (χ1v) is 11.0. The molecule has 0 spiro atoms. The first-order valence-electron chi connectivity index (χ1n) is 10.6. The summed E-state index contributed by atoms with van der Waals surface area (Å²) in [6.07, 6.45) is -0.463. The van der Waals surface area contributed by atoms with Crippen LogP contribution in [-0.4, -0.2) is 50.5 Å². The smallest absolute Gasteiger partial charge is 0.137 e. The fraction of sp³-hybridized carbons (Fsp3) is 0.500. The number of hydrogen-bond donors (Lipinski definition) is 2. The number of benzene rings is 2. The summed E-state index contributed by atoms with van der Waals surface area (Å²) in [5.74, 6) is 1.34. The van der Waals surface area contributed by atoms with Crippen LogP contribution in [0.5, 0.6) is 5.75 Å². The molecule has 2 N–H and O–H groups in total. The maximum atomic E-state index is 10.5. The maximum Gasteiger partial charge on any atom is 0.137 e. The van der Waals surface area contributed by atoms with Gasteiger partial charge in [0.25, 0.3) is 0 Å².